The Bertz CT molecular complexity index is 214. The van der Waals surface area contributed by atoms with Crippen molar-refractivity contribution >= 4 is 0 Å². The SMILES string of the molecule is CCCC(C)(C)C(C)C(C)(CC)C(C)C(C)C. The smallest absolute Gasteiger partial charge is 0.0270 e. The van der Waals surface area contributed by atoms with Crippen molar-refractivity contribution in [1.29, 1.82) is 0 Å². The van der Waals surface area contributed by atoms with Crippen LogP contribution in [-0.2, 0) is 0 Å². The second-order valence-electron chi connectivity index (χ2n) is 7.35. The highest BCUT2D eigenvalue weighted by Gasteiger charge is 2.42. The summed E-state index contributed by atoms with van der Waals surface area (Å²) in [6.45, 7) is 21.8. The highest BCUT2D eigenvalue weighted by Crippen LogP contribution is 2.50. The maximum atomic E-state index is 2.51. The van der Waals surface area contributed by atoms with E-state index in [0.717, 1.165) is 17.8 Å². The monoisotopic (exact) mass is 240 g/mol. The molecule has 0 radical (unpaired) electrons. The number of hydrogen-bond acceptors (Lipinski definition) is 0. The molecule has 0 aromatic carbocycles. The molecule has 0 rings (SSSR count). The minimum Gasteiger partial charge on any atom is -0.0654 e. The van der Waals surface area contributed by atoms with Crippen LogP contribution in [0.1, 0.15) is 81.6 Å². The summed E-state index contributed by atoms with van der Waals surface area (Å²) in [5.74, 6) is 2.34. The van der Waals surface area contributed by atoms with Gasteiger partial charge < -0.3 is 0 Å². The van der Waals surface area contributed by atoms with E-state index in [0.29, 0.717) is 10.8 Å². The van der Waals surface area contributed by atoms with Crippen LogP contribution in [0.4, 0.5) is 0 Å². The first-order valence-corrected chi connectivity index (χ1v) is 7.63. The van der Waals surface area contributed by atoms with E-state index in [-0.39, 0.29) is 0 Å². The first kappa shape index (κ1) is 17.0. The summed E-state index contributed by atoms with van der Waals surface area (Å²) < 4.78 is 0. The van der Waals surface area contributed by atoms with Gasteiger partial charge in [0.1, 0.15) is 0 Å². The van der Waals surface area contributed by atoms with Crippen LogP contribution >= 0.6 is 0 Å². The molecule has 0 aliphatic rings. The third kappa shape index (κ3) is 3.73. The van der Waals surface area contributed by atoms with Gasteiger partial charge in [-0.05, 0) is 35.0 Å². The van der Waals surface area contributed by atoms with Gasteiger partial charge in [-0.3, -0.25) is 0 Å². The Labute approximate surface area is 111 Å². The molecule has 0 saturated carbocycles. The first-order chi connectivity index (χ1) is 7.63. The van der Waals surface area contributed by atoms with Gasteiger partial charge in [-0.1, -0.05) is 75.2 Å². The third-order valence-corrected chi connectivity index (χ3v) is 5.86. The van der Waals surface area contributed by atoms with Gasteiger partial charge in [0, 0.05) is 0 Å². The Morgan fingerprint density at radius 2 is 1.35 bits per heavy atom. The molecule has 0 spiro atoms. The summed E-state index contributed by atoms with van der Waals surface area (Å²) in [6.07, 6.45) is 3.93. The molecule has 0 heteroatoms. The molecule has 0 amide bonds. The Morgan fingerprint density at radius 1 is 0.882 bits per heavy atom. The Hall–Kier alpha value is 0. The molecule has 0 aromatic heterocycles. The van der Waals surface area contributed by atoms with Crippen molar-refractivity contribution in [2.24, 2.45) is 28.6 Å². The van der Waals surface area contributed by atoms with Crippen molar-refractivity contribution in [3.63, 3.8) is 0 Å². The van der Waals surface area contributed by atoms with E-state index in [1.165, 1.54) is 19.3 Å². The Balaban J connectivity index is 5.10. The fourth-order valence-corrected chi connectivity index (χ4v) is 3.54. The molecule has 0 aliphatic heterocycles. The van der Waals surface area contributed by atoms with Crippen molar-refractivity contribution in [2.75, 3.05) is 0 Å². The van der Waals surface area contributed by atoms with E-state index in [1.54, 1.807) is 0 Å². The molecule has 3 atom stereocenters. The van der Waals surface area contributed by atoms with Crippen molar-refractivity contribution in [2.45, 2.75) is 81.6 Å². The average Bonchev–Trinajstić information content (AvgIpc) is 2.25. The van der Waals surface area contributed by atoms with Gasteiger partial charge in [-0.2, -0.15) is 0 Å². The van der Waals surface area contributed by atoms with Crippen molar-refractivity contribution in [3.8, 4) is 0 Å². The second kappa shape index (κ2) is 6.25. The zero-order chi connectivity index (χ0) is 13.9. The lowest BCUT2D eigenvalue weighted by atomic mass is 9.56. The summed E-state index contributed by atoms with van der Waals surface area (Å²) in [5.41, 5.74) is 0.926. The first-order valence-electron chi connectivity index (χ1n) is 7.63. The van der Waals surface area contributed by atoms with E-state index in [2.05, 4.69) is 62.3 Å². The standard InChI is InChI=1S/C17H36/c1-10-12-16(7,8)15(6)17(9,11-2)14(5)13(3)4/h13-15H,10-12H2,1-9H3. The van der Waals surface area contributed by atoms with Gasteiger partial charge in [0.15, 0.2) is 0 Å². The lowest BCUT2D eigenvalue weighted by Gasteiger charge is -2.49. The summed E-state index contributed by atoms with van der Waals surface area (Å²) in [6, 6.07) is 0. The van der Waals surface area contributed by atoms with Gasteiger partial charge in [0.25, 0.3) is 0 Å². The van der Waals surface area contributed by atoms with Crippen LogP contribution in [-0.4, -0.2) is 0 Å². The predicted octanol–water partition coefficient (Wildman–Crippen LogP) is 6.16. The van der Waals surface area contributed by atoms with Crippen molar-refractivity contribution < 1.29 is 0 Å². The van der Waals surface area contributed by atoms with Crippen LogP contribution in [0.3, 0.4) is 0 Å². The van der Waals surface area contributed by atoms with E-state index in [4.69, 9.17) is 0 Å². The minimum absolute atomic E-state index is 0.461. The van der Waals surface area contributed by atoms with Gasteiger partial charge in [0.05, 0.1) is 0 Å². The third-order valence-electron chi connectivity index (χ3n) is 5.86. The number of hydrogen-bond donors (Lipinski definition) is 0. The molecular formula is C17H36. The maximum Gasteiger partial charge on any atom is -0.0270 e. The van der Waals surface area contributed by atoms with E-state index in [1.807, 2.05) is 0 Å². The molecule has 0 saturated heterocycles. The molecular weight excluding hydrogens is 204 g/mol. The maximum absolute atomic E-state index is 2.51. The zero-order valence-corrected chi connectivity index (χ0v) is 13.9. The summed E-state index contributed by atoms with van der Waals surface area (Å²) in [5, 5.41) is 0. The van der Waals surface area contributed by atoms with Gasteiger partial charge in [0.2, 0.25) is 0 Å². The lowest BCUT2D eigenvalue weighted by molar-refractivity contribution is -0.000882. The molecule has 0 N–H and O–H groups in total. The summed E-state index contributed by atoms with van der Waals surface area (Å²) in [4.78, 5) is 0. The topological polar surface area (TPSA) is 0 Å². The highest BCUT2D eigenvalue weighted by molar-refractivity contribution is 4.92. The quantitative estimate of drug-likeness (QED) is 0.500. The van der Waals surface area contributed by atoms with Crippen LogP contribution in [0.15, 0.2) is 0 Å². The predicted molar refractivity (Wildman–Crippen MR) is 80.3 cm³/mol. The minimum atomic E-state index is 0.461. The highest BCUT2D eigenvalue weighted by atomic mass is 14.5. The summed E-state index contributed by atoms with van der Waals surface area (Å²) >= 11 is 0. The van der Waals surface area contributed by atoms with Crippen LogP contribution in [0.5, 0.6) is 0 Å². The Morgan fingerprint density at radius 3 is 1.65 bits per heavy atom. The van der Waals surface area contributed by atoms with Crippen molar-refractivity contribution in [3.05, 3.63) is 0 Å². The van der Waals surface area contributed by atoms with Gasteiger partial charge >= 0.3 is 0 Å². The van der Waals surface area contributed by atoms with Gasteiger partial charge in [-0.25, -0.2) is 0 Å². The molecule has 0 aromatic rings. The zero-order valence-electron chi connectivity index (χ0n) is 13.9. The van der Waals surface area contributed by atoms with E-state index >= 15 is 0 Å². The van der Waals surface area contributed by atoms with Gasteiger partial charge in [-0.15, -0.1) is 0 Å². The average molecular weight is 240 g/mol. The van der Waals surface area contributed by atoms with Crippen LogP contribution in [0.25, 0.3) is 0 Å². The van der Waals surface area contributed by atoms with E-state index in [9.17, 15) is 0 Å². The molecule has 0 aliphatic carbocycles. The summed E-state index contributed by atoms with van der Waals surface area (Å²) in [7, 11) is 0. The second-order valence-corrected chi connectivity index (χ2v) is 7.35. The largest absolute Gasteiger partial charge is 0.0654 e. The van der Waals surface area contributed by atoms with Crippen LogP contribution in [0.2, 0.25) is 0 Å². The molecule has 17 heavy (non-hydrogen) atoms. The van der Waals surface area contributed by atoms with E-state index < -0.39 is 0 Å². The van der Waals surface area contributed by atoms with Crippen LogP contribution < -0.4 is 0 Å². The van der Waals surface area contributed by atoms with Crippen molar-refractivity contribution in [1.82, 2.24) is 0 Å². The molecule has 0 nitrogen and oxygen atoms in total. The molecule has 104 valence electrons. The van der Waals surface area contributed by atoms with Crippen LogP contribution in [0, 0.1) is 28.6 Å². The Kier molecular flexibility index (Phi) is 6.25. The lowest BCUT2D eigenvalue weighted by Crippen LogP contribution is -2.42. The number of rotatable bonds is 7. The fraction of sp³-hybridized carbons (Fsp3) is 1.00. The molecule has 3 unspecified atom stereocenters. The molecule has 0 fully saturated rings. The normalized spacial score (nSPS) is 20.1. The molecule has 0 heterocycles. The fourth-order valence-electron chi connectivity index (χ4n) is 3.54. The molecule has 0 bridgehead atoms.